The predicted octanol–water partition coefficient (Wildman–Crippen LogP) is 1.13. The van der Waals surface area contributed by atoms with E-state index in [1.807, 2.05) is 13.8 Å². The molecule has 0 unspecified atom stereocenters. The van der Waals surface area contributed by atoms with Crippen molar-refractivity contribution in [3.63, 3.8) is 0 Å². The maximum atomic E-state index is 11.6. The standard InChI is InChI=1S/C13H24N2O5/c1-8(2)6-9(11(17)18)15-10(16)7-14-12(19)20-13(3,4)5/h8-9H,6-7H2,1-5H3,(H,14,19)(H,15,16)(H,17,18)/t9-/m1/s1. The largest absolute Gasteiger partial charge is 0.480 e. The summed E-state index contributed by atoms with van der Waals surface area (Å²) in [5.74, 6) is -1.52. The minimum absolute atomic E-state index is 0.134. The molecule has 7 heteroatoms. The van der Waals surface area contributed by atoms with Crippen molar-refractivity contribution in [2.45, 2.75) is 52.7 Å². The Labute approximate surface area is 119 Å². The lowest BCUT2D eigenvalue weighted by Crippen LogP contribution is -2.46. The van der Waals surface area contributed by atoms with Crippen molar-refractivity contribution in [1.82, 2.24) is 10.6 Å². The zero-order chi connectivity index (χ0) is 15.9. The number of ether oxygens (including phenoxy) is 1. The second-order valence-corrected chi connectivity index (χ2v) is 5.94. The SMILES string of the molecule is CC(C)C[C@@H](NC(=O)CNC(=O)OC(C)(C)C)C(=O)O. The summed E-state index contributed by atoms with van der Waals surface area (Å²) in [6.07, 6.45) is -0.392. The first-order valence-electron chi connectivity index (χ1n) is 6.50. The first-order chi connectivity index (χ1) is 9.01. The second-order valence-electron chi connectivity index (χ2n) is 5.94. The third-order valence-electron chi connectivity index (χ3n) is 2.13. The Kier molecular flexibility index (Phi) is 7.02. The topological polar surface area (TPSA) is 105 Å². The highest BCUT2D eigenvalue weighted by atomic mass is 16.6. The second kappa shape index (κ2) is 7.72. The van der Waals surface area contributed by atoms with Crippen molar-refractivity contribution in [1.29, 1.82) is 0 Å². The molecule has 0 aromatic carbocycles. The van der Waals surface area contributed by atoms with E-state index in [2.05, 4.69) is 10.6 Å². The van der Waals surface area contributed by atoms with E-state index in [9.17, 15) is 14.4 Å². The molecule has 0 saturated carbocycles. The fraction of sp³-hybridized carbons (Fsp3) is 0.769. The summed E-state index contributed by atoms with van der Waals surface area (Å²) in [7, 11) is 0. The first kappa shape index (κ1) is 18.2. The van der Waals surface area contributed by atoms with Crippen molar-refractivity contribution in [2.24, 2.45) is 5.92 Å². The molecule has 0 heterocycles. The number of carboxylic acid groups (broad SMARTS) is 1. The Bertz CT molecular complexity index is 360. The lowest BCUT2D eigenvalue weighted by atomic mass is 10.0. The molecule has 20 heavy (non-hydrogen) atoms. The Morgan fingerprint density at radius 3 is 2.15 bits per heavy atom. The van der Waals surface area contributed by atoms with E-state index < -0.39 is 29.6 Å². The third kappa shape index (κ3) is 9.18. The van der Waals surface area contributed by atoms with Gasteiger partial charge in [0.05, 0.1) is 0 Å². The fourth-order valence-electron chi connectivity index (χ4n) is 1.40. The number of aliphatic carboxylic acids is 1. The molecule has 3 N–H and O–H groups in total. The Balaban J connectivity index is 4.21. The van der Waals surface area contributed by atoms with Gasteiger partial charge < -0.3 is 20.5 Å². The highest BCUT2D eigenvalue weighted by molar-refractivity contribution is 5.86. The van der Waals surface area contributed by atoms with Gasteiger partial charge in [-0.1, -0.05) is 13.8 Å². The van der Waals surface area contributed by atoms with Crippen LogP contribution in [-0.2, 0) is 14.3 Å². The van der Waals surface area contributed by atoms with Crippen LogP contribution in [0.25, 0.3) is 0 Å². The number of amides is 2. The van der Waals surface area contributed by atoms with Gasteiger partial charge in [0.15, 0.2) is 0 Å². The molecular formula is C13H24N2O5. The van der Waals surface area contributed by atoms with Gasteiger partial charge in [-0.25, -0.2) is 9.59 Å². The average Bonchev–Trinajstić information content (AvgIpc) is 2.22. The molecule has 0 bridgehead atoms. The van der Waals surface area contributed by atoms with Gasteiger partial charge in [-0.15, -0.1) is 0 Å². The van der Waals surface area contributed by atoms with Gasteiger partial charge in [0.25, 0.3) is 0 Å². The van der Waals surface area contributed by atoms with Crippen molar-refractivity contribution in [3.8, 4) is 0 Å². The number of rotatable bonds is 6. The molecule has 0 saturated heterocycles. The molecule has 7 nitrogen and oxygen atoms in total. The van der Waals surface area contributed by atoms with Gasteiger partial charge in [-0.2, -0.15) is 0 Å². The van der Waals surface area contributed by atoms with Crippen molar-refractivity contribution >= 4 is 18.0 Å². The Morgan fingerprint density at radius 1 is 1.20 bits per heavy atom. The molecule has 116 valence electrons. The Morgan fingerprint density at radius 2 is 1.75 bits per heavy atom. The van der Waals surface area contributed by atoms with E-state index >= 15 is 0 Å². The summed E-state index contributed by atoms with van der Waals surface area (Å²) in [5, 5.41) is 13.6. The molecule has 0 aromatic rings. The normalized spacial score (nSPS) is 12.7. The maximum Gasteiger partial charge on any atom is 0.408 e. The smallest absolute Gasteiger partial charge is 0.408 e. The van der Waals surface area contributed by atoms with E-state index in [0.717, 1.165) is 0 Å². The van der Waals surface area contributed by atoms with Crippen LogP contribution in [-0.4, -0.2) is 41.3 Å². The van der Waals surface area contributed by atoms with Crippen LogP contribution in [0.5, 0.6) is 0 Å². The number of hydrogen-bond acceptors (Lipinski definition) is 4. The van der Waals surface area contributed by atoms with Gasteiger partial charge in [-0.3, -0.25) is 4.79 Å². The minimum atomic E-state index is -1.09. The minimum Gasteiger partial charge on any atom is -0.480 e. The molecule has 2 amide bonds. The molecule has 0 radical (unpaired) electrons. The number of carbonyl (C=O) groups excluding carboxylic acids is 2. The average molecular weight is 288 g/mol. The zero-order valence-electron chi connectivity index (χ0n) is 12.6. The Hall–Kier alpha value is -1.79. The van der Waals surface area contributed by atoms with Crippen molar-refractivity contribution in [3.05, 3.63) is 0 Å². The van der Waals surface area contributed by atoms with Gasteiger partial charge in [0, 0.05) is 0 Å². The quantitative estimate of drug-likeness (QED) is 0.679. The molecule has 0 fully saturated rings. The van der Waals surface area contributed by atoms with Crippen LogP contribution in [0.15, 0.2) is 0 Å². The molecule has 0 aromatic heterocycles. The van der Waals surface area contributed by atoms with Crippen LogP contribution in [0.3, 0.4) is 0 Å². The van der Waals surface area contributed by atoms with E-state index in [-0.39, 0.29) is 12.5 Å². The van der Waals surface area contributed by atoms with Crippen molar-refractivity contribution < 1.29 is 24.2 Å². The van der Waals surface area contributed by atoms with Gasteiger partial charge >= 0.3 is 12.1 Å². The van der Waals surface area contributed by atoms with E-state index in [0.29, 0.717) is 6.42 Å². The van der Waals surface area contributed by atoms with Crippen LogP contribution >= 0.6 is 0 Å². The first-order valence-corrected chi connectivity index (χ1v) is 6.50. The molecule has 0 spiro atoms. The molecular weight excluding hydrogens is 264 g/mol. The van der Waals surface area contributed by atoms with Crippen LogP contribution < -0.4 is 10.6 Å². The highest BCUT2D eigenvalue weighted by Gasteiger charge is 2.22. The highest BCUT2D eigenvalue weighted by Crippen LogP contribution is 2.06. The number of alkyl carbamates (subject to hydrolysis) is 1. The van der Waals surface area contributed by atoms with Crippen LogP contribution in [0.2, 0.25) is 0 Å². The van der Waals surface area contributed by atoms with Gasteiger partial charge in [0.1, 0.15) is 18.2 Å². The third-order valence-corrected chi connectivity index (χ3v) is 2.13. The van der Waals surface area contributed by atoms with Gasteiger partial charge in [0.2, 0.25) is 5.91 Å². The maximum absolute atomic E-state index is 11.6. The summed E-state index contributed by atoms with van der Waals surface area (Å²) in [6.45, 7) is 8.51. The van der Waals surface area contributed by atoms with Crippen LogP contribution in [0, 0.1) is 5.92 Å². The number of hydrogen-bond donors (Lipinski definition) is 3. The lowest BCUT2D eigenvalue weighted by molar-refractivity contribution is -0.142. The monoisotopic (exact) mass is 288 g/mol. The summed E-state index contributed by atoms with van der Waals surface area (Å²) in [4.78, 5) is 33.9. The summed E-state index contributed by atoms with van der Waals surface area (Å²) in [5.41, 5.74) is -0.651. The number of nitrogens with one attached hydrogen (secondary N) is 2. The molecule has 1 atom stereocenters. The number of carbonyl (C=O) groups is 3. The van der Waals surface area contributed by atoms with E-state index in [1.54, 1.807) is 20.8 Å². The molecule has 0 aliphatic rings. The van der Waals surface area contributed by atoms with E-state index in [4.69, 9.17) is 9.84 Å². The molecule has 0 aliphatic heterocycles. The molecule has 0 rings (SSSR count). The lowest BCUT2D eigenvalue weighted by Gasteiger charge is -2.20. The van der Waals surface area contributed by atoms with Crippen LogP contribution in [0.1, 0.15) is 41.0 Å². The molecule has 0 aliphatic carbocycles. The van der Waals surface area contributed by atoms with Gasteiger partial charge in [-0.05, 0) is 33.1 Å². The van der Waals surface area contributed by atoms with Crippen LogP contribution in [0.4, 0.5) is 4.79 Å². The summed E-state index contributed by atoms with van der Waals surface area (Å²) < 4.78 is 4.96. The fourth-order valence-corrected chi connectivity index (χ4v) is 1.40. The van der Waals surface area contributed by atoms with E-state index in [1.165, 1.54) is 0 Å². The van der Waals surface area contributed by atoms with Crippen molar-refractivity contribution in [2.75, 3.05) is 6.54 Å². The zero-order valence-corrected chi connectivity index (χ0v) is 12.6. The predicted molar refractivity (Wildman–Crippen MR) is 73.3 cm³/mol. The number of carboxylic acids is 1. The summed E-state index contributed by atoms with van der Waals surface area (Å²) >= 11 is 0. The summed E-state index contributed by atoms with van der Waals surface area (Å²) in [6, 6.07) is -0.956.